The molecule has 6 heteroatoms. The van der Waals surface area contributed by atoms with Gasteiger partial charge in [0.1, 0.15) is 0 Å². The predicted octanol–water partition coefficient (Wildman–Crippen LogP) is 1.56. The molecule has 0 fully saturated rings. The zero-order valence-electron chi connectivity index (χ0n) is 11.5. The van der Waals surface area contributed by atoms with Crippen LogP contribution < -0.4 is 10.2 Å². The van der Waals surface area contributed by atoms with Gasteiger partial charge in [-0.05, 0) is 12.1 Å². The van der Waals surface area contributed by atoms with Crippen molar-refractivity contribution in [2.24, 2.45) is 0 Å². The molecule has 1 aromatic heterocycles. The number of H-pyrrole nitrogens is 1. The number of hydrogen-bond donors (Lipinski definition) is 2. The number of carbonyl (C=O) groups excluding carboxylic acids is 1. The van der Waals surface area contributed by atoms with Gasteiger partial charge in [0.15, 0.2) is 0 Å². The number of rotatable bonds is 1. The van der Waals surface area contributed by atoms with Crippen LogP contribution in [0.4, 0.5) is 5.69 Å². The Morgan fingerprint density at radius 1 is 1.38 bits per heavy atom. The van der Waals surface area contributed by atoms with Crippen LogP contribution in [0.3, 0.4) is 0 Å². The van der Waals surface area contributed by atoms with Gasteiger partial charge in [0.25, 0.3) is 0 Å². The molecular formula is C15H16N4OS. The summed E-state index contributed by atoms with van der Waals surface area (Å²) in [6.07, 6.45) is 2.36. The maximum absolute atomic E-state index is 12.9. The van der Waals surface area contributed by atoms with E-state index in [1.165, 1.54) is 4.90 Å². The van der Waals surface area contributed by atoms with E-state index < -0.39 is 0 Å². The van der Waals surface area contributed by atoms with Gasteiger partial charge in [0.05, 0.1) is 29.4 Å². The highest BCUT2D eigenvalue weighted by molar-refractivity contribution is 7.99. The number of nitrogens with one attached hydrogen (secondary N) is 2. The van der Waals surface area contributed by atoms with Crippen LogP contribution in [0.15, 0.2) is 35.5 Å². The normalized spacial score (nSPS) is 20.8. The van der Waals surface area contributed by atoms with E-state index in [0.29, 0.717) is 13.0 Å². The summed E-state index contributed by atoms with van der Waals surface area (Å²) in [4.78, 5) is 23.4. The van der Waals surface area contributed by atoms with Gasteiger partial charge in [-0.2, -0.15) is 0 Å². The molecule has 0 saturated heterocycles. The number of aromatic amines is 1. The monoisotopic (exact) mass is 300 g/mol. The topological polar surface area (TPSA) is 61.0 Å². The molecule has 0 saturated carbocycles. The average molecular weight is 300 g/mol. The van der Waals surface area contributed by atoms with Crippen molar-refractivity contribution in [1.82, 2.24) is 15.3 Å². The molecule has 2 N–H and O–H groups in total. The molecule has 2 aliphatic rings. The van der Waals surface area contributed by atoms with Gasteiger partial charge in [-0.15, -0.1) is 11.8 Å². The van der Waals surface area contributed by atoms with Gasteiger partial charge in [-0.1, -0.05) is 12.1 Å². The van der Waals surface area contributed by atoms with Crippen LogP contribution in [0.1, 0.15) is 11.4 Å². The van der Waals surface area contributed by atoms with Crippen molar-refractivity contribution in [2.75, 3.05) is 17.2 Å². The van der Waals surface area contributed by atoms with Crippen molar-refractivity contribution >= 4 is 23.4 Å². The number of hydrogen-bond acceptors (Lipinski definition) is 4. The minimum absolute atomic E-state index is 0.149. The van der Waals surface area contributed by atoms with E-state index in [-0.39, 0.29) is 11.9 Å². The minimum atomic E-state index is -0.183. The van der Waals surface area contributed by atoms with Gasteiger partial charge in [-0.3, -0.25) is 10.1 Å². The Bertz CT molecular complexity index is 684. The first-order valence-corrected chi connectivity index (χ1v) is 8.09. The van der Waals surface area contributed by atoms with Crippen LogP contribution >= 0.6 is 11.8 Å². The Labute approximate surface area is 127 Å². The first-order chi connectivity index (χ1) is 10.3. The van der Waals surface area contributed by atoms with E-state index in [1.54, 1.807) is 6.33 Å². The molecule has 108 valence electrons. The SMILES string of the molecule is O=C(C1Cc2nc[nH]c2CN1)N1CCSc2ccccc21. The molecule has 1 atom stereocenters. The van der Waals surface area contributed by atoms with Crippen LogP contribution in [-0.2, 0) is 17.8 Å². The number of amides is 1. The second-order valence-electron chi connectivity index (χ2n) is 5.27. The third-order valence-corrected chi connectivity index (χ3v) is 5.07. The zero-order valence-corrected chi connectivity index (χ0v) is 12.3. The number of imidazole rings is 1. The summed E-state index contributed by atoms with van der Waals surface area (Å²) in [6, 6.07) is 7.94. The fourth-order valence-electron chi connectivity index (χ4n) is 2.93. The van der Waals surface area contributed by atoms with Crippen LogP contribution in [-0.4, -0.2) is 34.2 Å². The highest BCUT2D eigenvalue weighted by atomic mass is 32.2. The third-order valence-electron chi connectivity index (χ3n) is 4.02. The zero-order chi connectivity index (χ0) is 14.2. The standard InChI is InChI=1S/C15H16N4OS/c20-15(11-7-10-12(8-16-11)18-9-17-10)19-5-6-21-14-4-2-1-3-13(14)19/h1-4,9,11,16H,5-8H2,(H,17,18). The summed E-state index contributed by atoms with van der Waals surface area (Å²) in [5.41, 5.74) is 3.13. The number of fused-ring (bicyclic) bond motifs is 2. The summed E-state index contributed by atoms with van der Waals surface area (Å²) in [6.45, 7) is 1.45. The third kappa shape index (κ3) is 2.24. The molecule has 2 aliphatic heterocycles. The summed E-state index contributed by atoms with van der Waals surface area (Å²) in [5.74, 6) is 1.10. The molecule has 1 unspecified atom stereocenters. The maximum atomic E-state index is 12.9. The van der Waals surface area contributed by atoms with Crippen molar-refractivity contribution in [3.05, 3.63) is 42.0 Å². The van der Waals surface area contributed by atoms with Crippen molar-refractivity contribution in [1.29, 1.82) is 0 Å². The lowest BCUT2D eigenvalue weighted by Gasteiger charge is -2.33. The summed E-state index contributed by atoms with van der Waals surface area (Å²) in [7, 11) is 0. The maximum Gasteiger partial charge on any atom is 0.244 e. The first-order valence-electron chi connectivity index (χ1n) is 7.10. The van der Waals surface area contributed by atoms with Crippen LogP contribution in [0, 0.1) is 0 Å². The lowest BCUT2D eigenvalue weighted by atomic mass is 10.0. The summed E-state index contributed by atoms with van der Waals surface area (Å²) in [5, 5.41) is 3.32. The van der Waals surface area contributed by atoms with Gasteiger partial charge < -0.3 is 9.88 Å². The lowest BCUT2D eigenvalue weighted by molar-refractivity contribution is -0.120. The van der Waals surface area contributed by atoms with Gasteiger partial charge in [0, 0.05) is 30.2 Å². The molecule has 21 heavy (non-hydrogen) atoms. The van der Waals surface area contributed by atoms with E-state index in [4.69, 9.17) is 0 Å². The molecular weight excluding hydrogens is 284 g/mol. The predicted molar refractivity (Wildman–Crippen MR) is 82.4 cm³/mol. The minimum Gasteiger partial charge on any atom is -0.347 e. The van der Waals surface area contributed by atoms with E-state index in [0.717, 1.165) is 29.4 Å². The van der Waals surface area contributed by atoms with Crippen LogP contribution in [0.2, 0.25) is 0 Å². The molecule has 3 heterocycles. The molecule has 0 bridgehead atoms. The largest absolute Gasteiger partial charge is 0.347 e. The van der Waals surface area contributed by atoms with Crippen molar-refractivity contribution in [3.8, 4) is 0 Å². The number of para-hydroxylation sites is 1. The first kappa shape index (κ1) is 12.9. The van der Waals surface area contributed by atoms with Crippen LogP contribution in [0.5, 0.6) is 0 Å². The molecule has 0 radical (unpaired) electrons. The second kappa shape index (κ2) is 5.20. The quantitative estimate of drug-likeness (QED) is 0.839. The average Bonchev–Trinajstić information content (AvgIpc) is 3.01. The van der Waals surface area contributed by atoms with Crippen molar-refractivity contribution < 1.29 is 4.79 Å². The molecule has 1 aromatic carbocycles. The van der Waals surface area contributed by atoms with E-state index in [1.807, 2.05) is 34.9 Å². The molecule has 0 aliphatic carbocycles. The molecule has 0 spiro atoms. The van der Waals surface area contributed by atoms with E-state index in [9.17, 15) is 4.79 Å². The van der Waals surface area contributed by atoms with Gasteiger partial charge in [0.2, 0.25) is 5.91 Å². The Morgan fingerprint density at radius 2 is 2.29 bits per heavy atom. The van der Waals surface area contributed by atoms with Crippen LogP contribution in [0.25, 0.3) is 0 Å². The number of aromatic nitrogens is 2. The Balaban J connectivity index is 1.59. The molecule has 5 nitrogen and oxygen atoms in total. The lowest BCUT2D eigenvalue weighted by Crippen LogP contribution is -2.51. The number of benzene rings is 1. The Kier molecular flexibility index (Phi) is 3.20. The van der Waals surface area contributed by atoms with Gasteiger partial charge >= 0.3 is 0 Å². The smallest absolute Gasteiger partial charge is 0.244 e. The Morgan fingerprint density at radius 3 is 3.24 bits per heavy atom. The number of anilines is 1. The van der Waals surface area contributed by atoms with Gasteiger partial charge in [-0.25, -0.2) is 4.98 Å². The molecule has 1 amide bonds. The molecule has 4 rings (SSSR count). The molecule has 2 aromatic rings. The second-order valence-corrected chi connectivity index (χ2v) is 6.41. The van der Waals surface area contributed by atoms with E-state index >= 15 is 0 Å². The van der Waals surface area contributed by atoms with Crippen molar-refractivity contribution in [2.45, 2.75) is 23.9 Å². The number of carbonyl (C=O) groups is 1. The Hall–Kier alpha value is -1.79. The summed E-state index contributed by atoms with van der Waals surface area (Å²) < 4.78 is 0. The van der Waals surface area contributed by atoms with Crippen molar-refractivity contribution in [3.63, 3.8) is 0 Å². The fraction of sp³-hybridized carbons (Fsp3) is 0.333. The highest BCUT2D eigenvalue weighted by Crippen LogP contribution is 2.34. The fourth-order valence-corrected chi connectivity index (χ4v) is 3.92. The van der Waals surface area contributed by atoms with E-state index in [2.05, 4.69) is 21.4 Å². The summed E-state index contributed by atoms with van der Waals surface area (Å²) >= 11 is 1.81. The highest BCUT2D eigenvalue weighted by Gasteiger charge is 2.32. The number of thioether (sulfide) groups is 1. The number of nitrogens with zero attached hydrogens (tertiary/aromatic N) is 2.